The Balaban J connectivity index is 1.62. The molecule has 1 saturated carbocycles. The molecule has 1 aromatic carbocycles. The fourth-order valence-electron chi connectivity index (χ4n) is 3.69. The molecule has 27 heavy (non-hydrogen) atoms. The molecule has 0 saturated heterocycles. The maximum Gasteiger partial charge on any atom is 0.225 e. The first-order valence-electron chi connectivity index (χ1n) is 9.23. The van der Waals surface area contributed by atoms with Crippen molar-refractivity contribution in [1.82, 2.24) is 14.7 Å². The number of carbonyl (C=O) groups is 1. The average Bonchev–Trinajstić information content (AvgIpc) is 3.15. The minimum atomic E-state index is -0.0816. The van der Waals surface area contributed by atoms with Gasteiger partial charge in [-0.25, -0.2) is 4.68 Å². The smallest absolute Gasteiger partial charge is 0.225 e. The molecule has 1 heterocycles. The lowest BCUT2D eigenvalue weighted by molar-refractivity contribution is -0.137. The second-order valence-electron chi connectivity index (χ2n) is 7.14. The Morgan fingerprint density at radius 1 is 1.37 bits per heavy atom. The lowest BCUT2D eigenvalue weighted by Gasteiger charge is -2.34. The van der Waals surface area contributed by atoms with Crippen molar-refractivity contribution >= 4 is 5.91 Å². The third-order valence-electron chi connectivity index (χ3n) is 5.24. The second kappa shape index (κ2) is 8.54. The number of rotatable bonds is 6. The molecular weight excluding hydrogens is 344 g/mol. The Morgan fingerprint density at radius 3 is 2.89 bits per heavy atom. The van der Waals surface area contributed by atoms with Gasteiger partial charge in [0.25, 0.3) is 0 Å². The van der Waals surface area contributed by atoms with Crippen LogP contribution in [-0.4, -0.2) is 54.0 Å². The summed E-state index contributed by atoms with van der Waals surface area (Å²) in [6, 6.07) is 7.61. The summed E-state index contributed by atoms with van der Waals surface area (Å²) in [5.41, 5.74) is 8.03. The Labute approximate surface area is 160 Å². The zero-order valence-electron chi connectivity index (χ0n) is 16.2. The second-order valence-corrected chi connectivity index (χ2v) is 7.14. The predicted molar refractivity (Wildman–Crippen MR) is 103 cm³/mol. The van der Waals surface area contributed by atoms with E-state index < -0.39 is 0 Å². The van der Waals surface area contributed by atoms with Crippen molar-refractivity contribution < 1.29 is 14.3 Å². The molecule has 3 atom stereocenters. The molecule has 2 aromatic rings. The topological polar surface area (TPSA) is 82.6 Å². The fourth-order valence-corrected chi connectivity index (χ4v) is 3.69. The number of hydrogen-bond donors (Lipinski definition) is 1. The molecule has 0 bridgehead atoms. The third-order valence-corrected chi connectivity index (χ3v) is 5.24. The highest BCUT2D eigenvalue weighted by atomic mass is 16.5. The van der Waals surface area contributed by atoms with Crippen LogP contribution in [0.1, 0.15) is 24.8 Å². The highest BCUT2D eigenvalue weighted by Gasteiger charge is 2.33. The monoisotopic (exact) mass is 372 g/mol. The summed E-state index contributed by atoms with van der Waals surface area (Å²) in [5, 5.41) is 4.41. The number of aromatic nitrogens is 2. The van der Waals surface area contributed by atoms with Crippen LogP contribution in [0.3, 0.4) is 0 Å². The van der Waals surface area contributed by atoms with Gasteiger partial charge in [0.05, 0.1) is 25.1 Å². The van der Waals surface area contributed by atoms with Crippen LogP contribution in [0, 0.1) is 5.92 Å². The van der Waals surface area contributed by atoms with Crippen molar-refractivity contribution in [2.75, 3.05) is 21.3 Å². The van der Waals surface area contributed by atoms with Gasteiger partial charge in [-0.2, -0.15) is 5.10 Å². The fraction of sp³-hybridized carbons (Fsp3) is 0.500. The van der Waals surface area contributed by atoms with Crippen LogP contribution in [0.25, 0.3) is 5.69 Å². The van der Waals surface area contributed by atoms with Crippen molar-refractivity contribution in [2.45, 2.75) is 38.0 Å². The molecule has 0 aliphatic heterocycles. The van der Waals surface area contributed by atoms with Gasteiger partial charge in [0.15, 0.2) is 0 Å². The Hall–Kier alpha value is -2.38. The Morgan fingerprint density at radius 2 is 2.19 bits per heavy atom. The van der Waals surface area contributed by atoms with E-state index in [1.54, 1.807) is 30.0 Å². The van der Waals surface area contributed by atoms with E-state index in [0.29, 0.717) is 13.0 Å². The summed E-state index contributed by atoms with van der Waals surface area (Å²) in [7, 11) is 5.15. The zero-order valence-corrected chi connectivity index (χ0v) is 16.2. The van der Waals surface area contributed by atoms with E-state index in [1.807, 2.05) is 37.5 Å². The number of nitrogens with two attached hydrogens (primary N) is 1. The van der Waals surface area contributed by atoms with E-state index in [0.717, 1.165) is 29.8 Å². The molecule has 146 valence electrons. The maximum absolute atomic E-state index is 12.8. The highest BCUT2D eigenvalue weighted by Crippen LogP contribution is 2.27. The summed E-state index contributed by atoms with van der Waals surface area (Å²) in [4.78, 5) is 14.6. The van der Waals surface area contributed by atoms with Crippen LogP contribution in [0.5, 0.6) is 5.75 Å². The molecular formula is C20H28N4O3. The van der Waals surface area contributed by atoms with Crippen molar-refractivity contribution in [1.29, 1.82) is 0 Å². The molecule has 3 rings (SSSR count). The summed E-state index contributed by atoms with van der Waals surface area (Å²) in [6.45, 7) is 0.516. The van der Waals surface area contributed by atoms with Crippen molar-refractivity contribution in [3.63, 3.8) is 0 Å². The van der Waals surface area contributed by atoms with Crippen LogP contribution in [0.2, 0.25) is 0 Å². The summed E-state index contributed by atoms with van der Waals surface area (Å²) >= 11 is 0. The van der Waals surface area contributed by atoms with E-state index in [-0.39, 0.29) is 24.0 Å². The van der Waals surface area contributed by atoms with Crippen molar-refractivity contribution in [3.05, 3.63) is 42.2 Å². The van der Waals surface area contributed by atoms with E-state index in [2.05, 4.69) is 5.10 Å². The number of benzene rings is 1. The lowest BCUT2D eigenvalue weighted by Crippen LogP contribution is -2.45. The molecule has 7 heteroatoms. The van der Waals surface area contributed by atoms with Crippen LogP contribution < -0.4 is 10.5 Å². The largest absolute Gasteiger partial charge is 0.497 e. The van der Waals surface area contributed by atoms with E-state index >= 15 is 0 Å². The Bertz CT molecular complexity index is 776. The molecule has 1 aliphatic rings. The van der Waals surface area contributed by atoms with Gasteiger partial charge < -0.3 is 20.1 Å². The SMILES string of the molecule is COc1cccc(-n2cc(CN(C)C(=O)[C@H]3CC[C@@H](OC)[C@H](N)C3)cn2)c1. The predicted octanol–water partition coefficient (Wildman–Crippen LogP) is 1.98. The van der Waals surface area contributed by atoms with E-state index in [1.165, 1.54) is 0 Å². The number of amides is 1. The van der Waals surface area contributed by atoms with Gasteiger partial charge in [-0.05, 0) is 31.4 Å². The normalized spacial score (nSPS) is 22.4. The first-order valence-corrected chi connectivity index (χ1v) is 9.23. The van der Waals surface area contributed by atoms with Gasteiger partial charge in [0.1, 0.15) is 5.75 Å². The Kier molecular flexibility index (Phi) is 6.13. The molecule has 1 fully saturated rings. The molecule has 1 amide bonds. The summed E-state index contributed by atoms with van der Waals surface area (Å²) in [5.74, 6) is 0.874. The quantitative estimate of drug-likeness (QED) is 0.838. The van der Waals surface area contributed by atoms with Crippen molar-refractivity contribution in [2.24, 2.45) is 11.7 Å². The highest BCUT2D eigenvalue weighted by molar-refractivity contribution is 5.78. The number of nitrogens with zero attached hydrogens (tertiary/aromatic N) is 3. The maximum atomic E-state index is 12.8. The van der Waals surface area contributed by atoms with E-state index in [4.69, 9.17) is 15.2 Å². The van der Waals surface area contributed by atoms with Gasteiger partial charge in [-0.3, -0.25) is 4.79 Å². The number of carbonyl (C=O) groups excluding carboxylic acids is 1. The van der Waals surface area contributed by atoms with Gasteiger partial charge in [0, 0.05) is 50.5 Å². The molecule has 0 unspecified atom stereocenters. The minimum absolute atomic E-state index is 0.0372. The summed E-state index contributed by atoms with van der Waals surface area (Å²) in [6.07, 6.45) is 6.10. The van der Waals surface area contributed by atoms with Gasteiger partial charge in [-0.15, -0.1) is 0 Å². The van der Waals surface area contributed by atoms with Crippen molar-refractivity contribution in [3.8, 4) is 11.4 Å². The first kappa shape index (κ1) is 19.4. The van der Waals surface area contributed by atoms with Crippen LogP contribution in [0.15, 0.2) is 36.7 Å². The molecule has 7 nitrogen and oxygen atoms in total. The van der Waals surface area contributed by atoms with Crippen LogP contribution in [0.4, 0.5) is 0 Å². The molecule has 2 N–H and O–H groups in total. The first-order chi connectivity index (χ1) is 13.0. The number of methoxy groups -OCH3 is 2. The summed E-state index contributed by atoms with van der Waals surface area (Å²) < 4.78 is 12.4. The van der Waals surface area contributed by atoms with Gasteiger partial charge in [-0.1, -0.05) is 6.07 Å². The average molecular weight is 372 g/mol. The number of ether oxygens (including phenoxy) is 2. The standard InChI is InChI=1S/C20H28N4O3/c1-23(20(25)15-7-8-19(27-3)18(21)9-15)12-14-11-22-24(13-14)16-5-4-6-17(10-16)26-2/h4-6,10-11,13,15,18-19H,7-9,12,21H2,1-3H3/t15-,18+,19+/m0/s1. The zero-order chi connectivity index (χ0) is 19.4. The minimum Gasteiger partial charge on any atom is -0.497 e. The third kappa shape index (κ3) is 4.48. The molecule has 1 aromatic heterocycles. The molecule has 1 aliphatic carbocycles. The molecule has 0 spiro atoms. The van der Waals surface area contributed by atoms with Crippen LogP contribution >= 0.6 is 0 Å². The molecule has 0 radical (unpaired) electrons. The van der Waals surface area contributed by atoms with E-state index in [9.17, 15) is 4.79 Å². The van der Waals surface area contributed by atoms with Gasteiger partial charge >= 0.3 is 0 Å². The number of hydrogen-bond acceptors (Lipinski definition) is 5. The van der Waals surface area contributed by atoms with Crippen LogP contribution in [-0.2, 0) is 16.1 Å². The lowest BCUT2D eigenvalue weighted by atomic mass is 9.83. The van der Waals surface area contributed by atoms with Gasteiger partial charge in [0.2, 0.25) is 5.91 Å².